The molecule has 3 rings (SSSR count). The topological polar surface area (TPSA) is 84.9 Å². The Kier molecular flexibility index (Phi) is 5.79. The van der Waals surface area contributed by atoms with Crippen molar-refractivity contribution >= 4 is 27.3 Å². The molecular weight excluding hydrogens is 380 g/mol. The van der Waals surface area contributed by atoms with Crippen LogP contribution >= 0.6 is 0 Å². The zero-order valence-electron chi connectivity index (χ0n) is 16.2. The molecule has 0 radical (unpaired) electrons. The van der Waals surface area contributed by atoms with E-state index in [9.17, 15) is 13.2 Å². The lowest BCUT2D eigenvalue weighted by atomic mass is 10.0. The van der Waals surface area contributed by atoms with E-state index in [1.54, 1.807) is 29.2 Å². The fourth-order valence-electron chi connectivity index (χ4n) is 3.31. The van der Waals surface area contributed by atoms with Crippen LogP contribution in [0.25, 0.3) is 0 Å². The molecule has 1 amide bonds. The molecule has 0 aromatic heterocycles. The third kappa shape index (κ3) is 3.91. The Balaban J connectivity index is 1.88. The van der Waals surface area contributed by atoms with Crippen LogP contribution in [0.15, 0.2) is 41.3 Å². The lowest BCUT2D eigenvalue weighted by Crippen LogP contribution is -2.34. The molecule has 1 heterocycles. The lowest BCUT2D eigenvalue weighted by molar-refractivity contribution is -0.118. The summed E-state index contributed by atoms with van der Waals surface area (Å²) in [7, 11) is -0.855. The van der Waals surface area contributed by atoms with E-state index >= 15 is 0 Å². The van der Waals surface area contributed by atoms with Gasteiger partial charge in [-0.05, 0) is 48.7 Å². The smallest absolute Gasteiger partial charge is 0.262 e. The molecule has 8 heteroatoms. The SMILES string of the molecule is CCC(=O)N1CCCc2cc(NS(=O)(=O)c3ccc(OC)c(OC)c3)ccc21. The average molecular weight is 404 g/mol. The van der Waals surface area contributed by atoms with Gasteiger partial charge in [0.25, 0.3) is 10.0 Å². The summed E-state index contributed by atoms with van der Waals surface area (Å²) in [5.74, 6) is 0.861. The molecule has 0 saturated heterocycles. The van der Waals surface area contributed by atoms with Crippen LogP contribution in [0.3, 0.4) is 0 Å². The summed E-state index contributed by atoms with van der Waals surface area (Å²) in [6, 6.07) is 9.70. The van der Waals surface area contributed by atoms with Crippen molar-refractivity contribution in [2.45, 2.75) is 31.1 Å². The molecule has 1 aliphatic rings. The minimum atomic E-state index is -3.80. The first kappa shape index (κ1) is 20.0. The number of methoxy groups -OCH3 is 2. The molecule has 0 unspecified atom stereocenters. The summed E-state index contributed by atoms with van der Waals surface area (Å²) >= 11 is 0. The number of hydrogen-bond donors (Lipinski definition) is 1. The van der Waals surface area contributed by atoms with E-state index in [0.717, 1.165) is 24.1 Å². The average Bonchev–Trinajstić information content (AvgIpc) is 2.71. The fraction of sp³-hybridized carbons (Fsp3) is 0.350. The number of aryl methyl sites for hydroxylation is 1. The molecule has 0 aliphatic carbocycles. The van der Waals surface area contributed by atoms with Crippen molar-refractivity contribution in [2.24, 2.45) is 0 Å². The number of nitrogens with zero attached hydrogens (tertiary/aromatic N) is 1. The first-order valence-electron chi connectivity index (χ1n) is 9.07. The first-order chi connectivity index (χ1) is 13.4. The summed E-state index contributed by atoms with van der Waals surface area (Å²) in [6.45, 7) is 2.53. The van der Waals surface area contributed by atoms with Gasteiger partial charge in [-0.15, -0.1) is 0 Å². The van der Waals surface area contributed by atoms with Crippen molar-refractivity contribution in [2.75, 3.05) is 30.4 Å². The van der Waals surface area contributed by atoms with E-state index in [4.69, 9.17) is 9.47 Å². The van der Waals surface area contributed by atoms with Crippen molar-refractivity contribution in [1.29, 1.82) is 0 Å². The first-order valence-corrected chi connectivity index (χ1v) is 10.6. The molecule has 150 valence electrons. The van der Waals surface area contributed by atoms with Crippen molar-refractivity contribution in [3.05, 3.63) is 42.0 Å². The molecule has 0 spiro atoms. The van der Waals surface area contributed by atoms with Gasteiger partial charge >= 0.3 is 0 Å². The molecule has 1 N–H and O–H groups in total. The van der Waals surface area contributed by atoms with Crippen LogP contribution in [0.5, 0.6) is 11.5 Å². The van der Waals surface area contributed by atoms with Gasteiger partial charge in [-0.25, -0.2) is 8.42 Å². The summed E-state index contributed by atoms with van der Waals surface area (Å²) < 4.78 is 38.5. The van der Waals surface area contributed by atoms with E-state index in [2.05, 4.69) is 4.72 Å². The standard InChI is InChI=1S/C20H24N2O5S/c1-4-20(23)22-11-5-6-14-12-15(7-9-17(14)22)21-28(24,25)16-8-10-18(26-2)19(13-16)27-3/h7-10,12-13,21H,4-6,11H2,1-3H3. The number of amides is 1. The molecule has 2 aromatic rings. The minimum Gasteiger partial charge on any atom is -0.493 e. The Morgan fingerprint density at radius 1 is 1.11 bits per heavy atom. The van der Waals surface area contributed by atoms with Gasteiger partial charge in [0.15, 0.2) is 11.5 Å². The molecule has 0 atom stereocenters. The van der Waals surface area contributed by atoms with Crippen molar-refractivity contribution in [3.8, 4) is 11.5 Å². The Morgan fingerprint density at radius 3 is 2.54 bits per heavy atom. The largest absolute Gasteiger partial charge is 0.493 e. The van der Waals surface area contributed by atoms with Gasteiger partial charge in [0.1, 0.15) is 0 Å². The van der Waals surface area contributed by atoms with Crippen LogP contribution in [0.4, 0.5) is 11.4 Å². The highest BCUT2D eigenvalue weighted by Crippen LogP contribution is 2.33. The van der Waals surface area contributed by atoms with Crippen LogP contribution in [-0.2, 0) is 21.2 Å². The molecule has 0 saturated carbocycles. The number of hydrogen-bond acceptors (Lipinski definition) is 5. The number of benzene rings is 2. The Bertz CT molecular complexity index is 988. The van der Waals surface area contributed by atoms with E-state index in [-0.39, 0.29) is 10.8 Å². The van der Waals surface area contributed by atoms with Gasteiger partial charge in [-0.3, -0.25) is 9.52 Å². The zero-order chi connectivity index (χ0) is 20.3. The highest BCUT2D eigenvalue weighted by molar-refractivity contribution is 7.92. The highest BCUT2D eigenvalue weighted by atomic mass is 32.2. The third-order valence-corrected chi connectivity index (χ3v) is 6.10. The predicted molar refractivity (Wildman–Crippen MR) is 108 cm³/mol. The molecule has 0 bridgehead atoms. The Hall–Kier alpha value is -2.74. The Labute approximate surface area is 165 Å². The number of fused-ring (bicyclic) bond motifs is 1. The van der Waals surface area contributed by atoms with Crippen molar-refractivity contribution in [3.63, 3.8) is 0 Å². The van der Waals surface area contributed by atoms with Crippen LogP contribution in [-0.4, -0.2) is 35.1 Å². The summed E-state index contributed by atoms with van der Waals surface area (Å²) in [4.78, 5) is 14.0. The maximum absolute atomic E-state index is 12.8. The van der Waals surface area contributed by atoms with Crippen LogP contribution in [0, 0.1) is 0 Å². The van der Waals surface area contributed by atoms with E-state index in [0.29, 0.717) is 30.2 Å². The maximum atomic E-state index is 12.8. The second kappa shape index (κ2) is 8.10. The number of carbonyl (C=O) groups is 1. The number of rotatable bonds is 6. The second-order valence-electron chi connectivity index (χ2n) is 6.47. The van der Waals surface area contributed by atoms with Crippen LogP contribution < -0.4 is 19.1 Å². The van der Waals surface area contributed by atoms with Gasteiger partial charge in [0, 0.05) is 30.4 Å². The maximum Gasteiger partial charge on any atom is 0.262 e. The molecular formula is C20H24N2O5S. The summed E-state index contributed by atoms with van der Waals surface area (Å²) in [5, 5.41) is 0. The van der Waals surface area contributed by atoms with Gasteiger partial charge in [0.05, 0.1) is 19.1 Å². The highest BCUT2D eigenvalue weighted by Gasteiger charge is 2.23. The van der Waals surface area contributed by atoms with Crippen molar-refractivity contribution < 1.29 is 22.7 Å². The molecule has 0 fully saturated rings. The van der Waals surface area contributed by atoms with Gasteiger partial charge in [0.2, 0.25) is 5.91 Å². The van der Waals surface area contributed by atoms with Crippen LogP contribution in [0.1, 0.15) is 25.3 Å². The molecule has 7 nitrogen and oxygen atoms in total. The van der Waals surface area contributed by atoms with Gasteiger partial charge in [-0.1, -0.05) is 6.92 Å². The van der Waals surface area contributed by atoms with Crippen LogP contribution in [0.2, 0.25) is 0 Å². The quantitative estimate of drug-likeness (QED) is 0.799. The zero-order valence-corrected chi connectivity index (χ0v) is 17.0. The predicted octanol–water partition coefficient (Wildman–Crippen LogP) is 3.19. The van der Waals surface area contributed by atoms with E-state index in [1.807, 2.05) is 6.92 Å². The van der Waals surface area contributed by atoms with Gasteiger partial charge < -0.3 is 14.4 Å². The lowest BCUT2D eigenvalue weighted by Gasteiger charge is -2.29. The van der Waals surface area contributed by atoms with Gasteiger partial charge in [-0.2, -0.15) is 0 Å². The van der Waals surface area contributed by atoms with E-state index in [1.165, 1.54) is 26.4 Å². The Morgan fingerprint density at radius 2 is 1.86 bits per heavy atom. The minimum absolute atomic E-state index is 0.0691. The van der Waals surface area contributed by atoms with Crippen molar-refractivity contribution in [1.82, 2.24) is 0 Å². The normalized spacial score (nSPS) is 13.6. The number of nitrogens with one attached hydrogen (secondary N) is 1. The van der Waals surface area contributed by atoms with E-state index < -0.39 is 10.0 Å². The number of carbonyl (C=O) groups excluding carboxylic acids is 1. The molecule has 1 aliphatic heterocycles. The number of ether oxygens (including phenoxy) is 2. The molecule has 2 aromatic carbocycles. The summed E-state index contributed by atoms with van der Waals surface area (Å²) in [5.41, 5.74) is 2.27. The number of sulfonamides is 1. The third-order valence-electron chi connectivity index (χ3n) is 4.72. The number of anilines is 2. The fourth-order valence-corrected chi connectivity index (χ4v) is 4.37. The monoisotopic (exact) mass is 404 g/mol. The second-order valence-corrected chi connectivity index (χ2v) is 8.15. The summed E-state index contributed by atoms with van der Waals surface area (Å²) in [6.07, 6.45) is 2.09. The molecule has 28 heavy (non-hydrogen) atoms.